The molecule has 0 unspecified atom stereocenters. The van der Waals surface area contributed by atoms with Crippen molar-refractivity contribution in [1.82, 2.24) is 0 Å². The lowest BCUT2D eigenvalue weighted by Gasteiger charge is -2.13. The van der Waals surface area contributed by atoms with E-state index in [4.69, 9.17) is 0 Å². The average molecular weight is 300 g/mol. The topological polar surface area (TPSA) is 40.5 Å². The van der Waals surface area contributed by atoms with Crippen LogP contribution in [0.3, 0.4) is 0 Å². The van der Waals surface area contributed by atoms with Crippen LogP contribution in [0.25, 0.3) is 32.3 Å². The highest BCUT2D eigenvalue weighted by molar-refractivity contribution is 6.15. The van der Waals surface area contributed by atoms with Crippen LogP contribution >= 0.6 is 0 Å². The minimum Gasteiger partial charge on any atom is -0.385 e. The molecule has 0 aliphatic heterocycles. The van der Waals surface area contributed by atoms with E-state index < -0.39 is 12.2 Å². The second-order valence-corrected chi connectivity index (χ2v) is 6.46. The average Bonchev–Trinajstić information content (AvgIpc) is 2.85. The van der Waals surface area contributed by atoms with Gasteiger partial charge in [-0.15, -0.1) is 0 Å². The van der Waals surface area contributed by atoms with Gasteiger partial charge in [0.2, 0.25) is 0 Å². The first kappa shape index (κ1) is 13.1. The Bertz CT molecular complexity index is 1110. The molecule has 0 saturated carbocycles. The molecule has 5 rings (SSSR count). The highest BCUT2D eigenvalue weighted by Crippen LogP contribution is 2.49. The molecule has 4 aromatic carbocycles. The minimum atomic E-state index is -0.863. The van der Waals surface area contributed by atoms with Crippen molar-refractivity contribution >= 4 is 32.3 Å². The van der Waals surface area contributed by atoms with Gasteiger partial charge in [-0.25, -0.2) is 0 Å². The zero-order valence-corrected chi connectivity index (χ0v) is 12.7. The quantitative estimate of drug-likeness (QED) is 0.370. The number of fused-ring (bicyclic) bond motifs is 4. The molecule has 0 radical (unpaired) electrons. The first-order chi connectivity index (χ1) is 11.2. The van der Waals surface area contributed by atoms with Crippen molar-refractivity contribution in [2.75, 3.05) is 0 Å². The Hall–Kier alpha value is -2.42. The zero-order chi connectivity index (χ0) is 15.7. The summed E-state index contributed by atoms with van der Waals surface area (Å²) >= 11 is 0. The Morgan fingerprint density at radius 3 is 2.30 bits per heavy atom. The first-order valence-corrected chi connectivity index (χ1v) is 7.90. The van der Waals surface area contributed by atoms with E-state index in [1.807, 2.05) is 25.1 Å². The van der Waals surface area contributed by atoms with Crippen molar-refractivity contribution < 1.29 is 10.2 Å². The van der Waals surface area contributed by atoms with Crippen molar-refractivity contribution in [2.45, 2.75) is 19.1 Å². The van der Waals surface area contributed by atoms with E-state index in [9.17, 15) is 10.2 Å². The predicted octanol–water partition coefficient (Wildman–Crippen LogP) is 4.54. The molecule has 0 saturated heterocycles. The molecule has 1 aliphatic rings. The lowest BCUT2D eigenvalue weighted by atomic mass is 9.93. The van der Waals surface area contributed by atoms with Gasteiger partial charge in [-0.05, 0) is 62.0 Å². The van der Waals surface area contributed by atoms with Crippen LogP contribution in [0.2, 0.25) is 0 Å². The molecule has 2 nitrogen and oxygen atoms in total. The molecular weight excluding hydrogens is 284 g/mol. The maximum Gasteiger partial charge on any atom is 0.110 e. The number of aliphatic hydroxyl groups is 2. The number of benzene rings is 4. The molecule has 2 atom stereocenters. The number of rotatable bonds is 0. The number of aliphatic hydroxyl groups excluding tert-OH is 2. The Kier molecular flexibility index (Phi) is 2.45. The zero-order valence-electron chi connectivity index (χ0n) is 12.7. The fraction of sp³-hybridized carbons (Fsp3) is 0.143. The van der Waals surface area contributed by atoms with E-state index in [2.05, 4.69) is 36.4 Å². The minimum absolute atomic E-state index is 0.842. The number of hydrogen-bond acceptors (Lipinski definition) is 2. The van der Waals surface area contributed by atoms with Crippen LogP contribution in [0.1, 0.15) is 28.9 Å². The summed E-state index contributed by atoms with van der Waals surface area (Å²) < 4.78 is 0. The highest BCUT2D eigenvalue weighted by atomic mass is 16.3. The molecular formula is C21H16O2. The van der Waals surface area contributed by atoms with Gasteiger partial charge in [0.15, 0.2) is 0 Å². The molecule has 2 heteroatoms. The SMILES string of the molecule is Cc1ccc2cc3c(ccc4ccccc43)c3c2c1[C@@H](O)[C@@H]3O. The smallest absolute Gasteiger partial charge is 0.110 e. The van der Waals surface area contributed by atoms with Crippen molar-refractivity contribution in [3.8, 4) is 0 Å². The maximum atomic E-state index is 10.7. The summed E-state index contributed by atoms with van der Waals surface area (Å²) in [4.78, 5) is 0. The summed E-state index contributed by atoms with van der Waals surface area (Å²) in [6.07, 6.45) is -1.70. The summed E-state index contributed by atoms with van der Waals surface area (Å²) in [6, 6.07) is 18.7. The largest absolute Gasteiger partial charge is 0.385 e. The summed E-state index contributed by atoms with van der Waals surface area (Å²) in [6.45, 7) is 1.99. The molecule has 1 aliphatic carbocycles. The van der Waals surface area contributed by atoms with Gasteiger partial charge in [0.25, 0.3) is 0 Å². The molecule has 0 aromatic heterocycles. The Morgan fingerprint density at radius 1 is 0.696 bits per heavy atom. The Labute approximate surface area is 133 Å². The summed E-state index contributed by atoms with van der Waals surface area (Å²) in [5.74, 6) is 0. The lowest BCUT2D eigenvalue weighted by Crippen LogP contribution is -2.04. The van der Waals surface area contributed by atoms with Gasteiger partial charge in [0, 0.05) is 0 Å². The Balaban J connectivity index is 2.08. The molecule has 2 N–H and O–H groups in total. The fourth-order valence-electron chi connectivity index (χ4n) is 4.14. The second kappa shape index (κ2) is 4.31. The van der Waals surface area contributed by atoms with Crippen LogP contribution in [0.5, 0.6) is 0 Å². The van der Waals surface area contributed by atoms with Gasteiger partial charge in [-0.3, -0.25) is 0 Å². The van der Waals surface area contributed by atoms with Crippen molar-refractivity contribution in [2.24, 2.45) is 0 Å². The van der Waals surface area contributed by atoms with Crippen LogP contribution in [-0.4, -0.2) is 10.2 Å². The van der Waals surface area contributed by atoms with E-state index in [1.54, 1.807) is 0 Å². The van der Waals surface area contributed by atoms with Crippen molar-refractivity contribution in [1.29, 1.82) is 0 Å². The maximum absolute atomic E-state index is 10.7. The third kappa shape index (κ3) is 1.55. The fourth-order valence-corrected chi connectivity index (χ4v) is 4.14. The van der Waals surface area contributed by atoms with Crippen molar-refractivity contribution in [3.63, 3.8) is 0 Å². The van der Waals surface area contributed by atoms with Gasteiger partial charge in [-0.2, -0.15) is 0 Å². The van der Waals surface area contributed by atoms with E-state index in [1.165, 1.54) is 10.8 Å². The monoisotopic (exact) mass is 300 g/mol. The molecule has 0 heterocycles. The molecule has 4 aromatic rings. The van der Waals surface area contributed by atoms with E-state index in [0.29, 0.717) is 0 Å². The van der Waals surface area contributed by atoms with Crippen LogP contribution < -0.4 is 0 Å². The third-order valence-corrected chi connectivity index (χ3v) is 5.22. The van der Waals surface area contributed by atoms with Gasteiger partial charge >= 0.3 is 0 Å². The van der Waals surface area contributed by atoms with E-state index in [0.717, 1.165) is 38.2 Å². The standard InChI is InChI=1S/C21H16O2/c1-11-6-7-13-10-16-14-5-3-2-4-12(14)8-9-15(16)19-18(13)17(11)20(22)21(19)23/h2-10,20-23H,1H3/t20-,21-/m1/s1. The molecule has 23 heavy (non-hydrogen) atoms. The van der Waals surface area contributed by atoms with Crippen LogP contribution in [0.4, 0.5) is 0 Å². The third-order valence-electron chi connectivity index (χ3n) is 5.22. The molecule has 0 spiro atoms. The molecule has 0 fully saturated rings. The van der Waals surface area contributed by atoms with Crippen LogP contribution in [0.15, 0.2) is 54.6 Å². The summed E-state index contributed by atoms with van der Waals surface area (Å²) in [5, 5.41) is 27.9. The molecule has 0 bridgehead atoms. The van der Waals surface area contributed by atoms with Crippen molar-refractivity contribution in [3.05, 3.63) is 71.3 Å². The lowest BCUT2D eigenvalue weighted by molar-refractivity contribution is 0.0257. The first-order valence-electron chi connectivity index (χ1n) is 7.90. The number of aryl methyl sites for hydroxylation is 1. The highest BCUT2D eigenvalue weighted by Gasteiger charge is 2.34. The van der Waals surface area contributed by atoms with Gasteiger partial charge < -0.3 is 10.2 Å². The predicted molar refractivity (Wildman–Crippen MR) is 93.6 cm³/mol. The van der Waals surface area contributed by atoms with Crippen LogP contribution in [-0.2, 0) is 0 Å². The van der Waals surface area contributed by atoms with E-state index in [-0.39, 0.29) is 0 Å². The van der Waals surface area contributed by atoms with Gasteiger partial charge in [0.1, 0.15) is 12.2 Å². The summed E-state index contributed by atoms with van der Waals surface area (Å²) in [5.41, 5.74) is 2.78. The van der Waals surface area contributed by atoms with Gasteiger partial charge in [0.05, 0.1) is 0 Å². The van der Waals surface area contributed by atoms with Crippen LogP contribution in [0, 0.1) is 6.92 Å². The van der Waals surface area contributed by atoms with E-state index >= 15 is 0 Å². The summed E-state index contributed by atoms with van der Waals surface area (Å²) in [7, 11) is 0. The second-order valence-electron chi connectivity index (χ2n) is 6.46. The Morgan fingerprint density at radius 2 is 1.43 bits per heavy atom. The molecule has 112 valence electrons. The number of hydrogen-bond donors (Lipinski definition) is 2. The normalized spacial score (nSPS) is 20.0. The molecule has 0 amide bonds. The van der Waals surface area contributed by atoms with Gasteiger partial charge in [-0.1, -0.05) is 48.5 Å².